The van der Waals surface area contributed by atoms with Gasteiger partial charge in [0.2, 0.25) is 0 Å². The number of anilines is 1. The van der Waals surface area contributed by atoms with Crippen LogP contribution < -0.4 is 10.6 Å². The molecule has 4 heteroatoms. The van der Waals surface area contributed by atoms with Gasteiger partial charge in [0.1, 0.15) is 0 Å². The Hall–Kier alpha value is -2.07. The number of rotatable bonds is 1. The molecule has 0 bridgehead atoms. The van der Waals surface area contributed by atoms with E-state index in [4.69, 9.17) is 0 Å². The molecular formula is C17H19N3O. The van der Waals surface area contributed by atoms with Gasteiger partial charge in [-0.3, -0.25) is 0 Å². The lowest BCUT2D eigenvalue weighted by atomic mass is 10.1. The van der Waals surface area contributed by atoms with Crippen molar-refractivity contribution in [2.45, 2.75) is 12.5 Å². The largest absolute Gasteiger partial charge is 0.322 e. The SMILES string of the molecule is O=C(Nc1cccc2ccccc12)N1CC[C@H]2CNC[C@H]21. The fraction of sp³-hybridized carbons (Fsp3) is 0.353. The van der Waals surface area contributed by atoms with Crippen molar-refractivity contribution >= 4 is 22.5 Å². The van der Waals surface area contributed by atoms with E-state index >= 15 is 0 Å². The molecule has 2 heterocycles. The van der Waals surface area contributed by atoms with Crippen molar-refractivity contribution in [2.75, 3.05) is 25.0 Å². The highest BCUT2D eigenvalue weighted by atomic mass is 16.2. The summed E-state index contributed by atoms with van der Waals surface area (Å²) in [5, 5.41) is 8.72. The molecule has 0 spiro atoms. The predicted molar refractivity (Wildman–Crippen MR) is 84.4 cm³/mol. The van der Waals surface area contributed by atoms with Crippen LogP contribution >= 0.6 is 0 Å². The fourth-order valence-electron chi connectivity index (χ4n) is 3.62. The molecule has 0 saturated carbocycles. The van der Waals surface area contributed by atoms with Crippen LogP contribution in [-0.2, 0) is 0 Å². The first kappa shape index (κ1) is 12.7. The number of nitrogens with zero attached hydrogens (tertiary/aromatic N) is 1. The van der Waals surface area contributed by atoms with Gasteiger partial charge in [0.15, 0.2) is 0 Å². The van der Waals surface area contributed by atoms with Gasteiger partial charge in [0, 0.05) is 31.1 Å². The van der Waals surface area contributed by atoms with E-state index in [-0.39, 0.29) is 6.03 Å². The molecule has 2 aromatic rings. The monoisotopic (exact) mass is 281 g/mol. The van der Waals surface area contributed by atoms with Gasteiger partial charge in [-0.05, 0) is 23.8 Å². The lowest BCUT2D eigenvalue weighted by molar-refractivity contribution is 0.206. The van der Waals surface area contributed by atoms with Crippen molar-refractivity contribution in [3.8, 4) is 0 Å². The highest BCUT2D eigenvalue weighted by molar-refractivity contribution is 6.01. The second kappa shape index (κ2) is 5.04. The van der Waals surface area contributed by atoms with Crippen LogP contribution in [0.15, 0.2) is 42.5 Å². The minimum Gasteiger partial charge on any atom is -0.320 e. The molecule has 2 N–H and O–H groups in total. The highest BCUT2D eigenvalue weighted by Crippen LogP contribution is 2.29. The van der Waals surface area contributed by atoms with Crippen LogP contribution in [0, 0.1) is 5.92 Å². The van der Waals surface area contributed by atoms with Gasteiger partial charge in [0.05, 0.1) is 5.69 Å². The van der Waals surface area contributed by atoms with Crippen molar-refractivity contribution in [1.82, 2.24) is 10.2 Å². The number of nitrogens with one attached hydrogen (secondary N) is 2. The third-order valence-corrected chi connectivity index (χ3v) is 4.74. The van der Waals surface area contributed by atoms with E-state index in [9.17, 15) is 4.79 Å². The van der Waals surface area contributed by atoms with Gasteiger partial charge < -0.3 is 15.5 Å². The summed E-state index contributed by atoms with van der Waals surface area (Å²) in [5.41, 5.74) is 0.896. The van der Waals surface area contributed by atoms with Crippen LogP contribution in [0.5, 0.6) is 0 Å². The van der Waals surface area contributed by atoms with Crippen molar-refractivity contribution in [3.05, 3.63) is 42.5 Å². The number of carbonyl (C=O) groups excluding carboxylic acids is 1. The molecule has 2 aliphatic rings. The van der Waals surface area contributed by atoms with Gasteiger partial charge in [0.25, 0.3) is 0 Å². The summed E-state index contributed by atoms with van der Waals surface area (Å²) in [5.74, 6) is 0.628. The van der Waals surface area contributed by atoms with Crippen LogP contribution in [0.3, 0.4) is 0 Å². The Labute approximate surface area is 124 Å². The summed E-state index contributed by atoms with van der Waals surface area (Å²) in [6.45, 7) is 2.84. The fourth-order valence-corrected chi connectivity index (χ4v) is 3.62. The summed E-state index contributed by atoms with van der Waals surface area (Å²) in [6, 6.07) is 14.6. The second-order valence-corrected chi connectivity index (χ2v) is 5.92. The molecule has 2 aliphatic heterocycles. The summed E-state index contributed by atoms with van der Waals surface area (Å²) < 4.78 is 0. The minimum absolute atomic E-state index is 0.0301. The molecule has 108 valence electrons. The predicted octanol–water partition coefficient (Wildman–Crippen LogP) is 2.67. The molecule has 2 amide bonds. The Bertz CT molecular complexity index is 679. The van der Waals surface area contributed by atoms with Gasteiger partial charge >= 0.3 is 6.03 Å². The summed E-state index contributed by atoms with van der Waals surface area (Å²) in [6.07, 6.45) is 1.11. The number of fused-ring (bicyclic) bond motifs is 2. The summed E-state index contributed by atoms with van der Waals surface area (Å²) in [7, 11) is 0. The maximum Gasteiger partial charge on any atom is 0.322 e. The normalized spacial score (nSPS) is 24.3. The molecular weight excluding hydrogens is 262 g/mol. The first-order valence-electron chi connectivity index (χ1n) is 7.59. The number of hydrogen-bond donors (Lipinski definition) is 2. The average Bonchev–Trinajstić information content (AvgIpc) is 3.10. The number of amides is 2. The molecule has 2 saturated heterocycles. The minimum atomic E-state index is 0.0301. The lowest BCUT2D eigenvalue weighted by Crippen LogP contribution is -2.41. The molecule has 4 rings (SSSR count). The Morgan fingerprint density at radius 3 is 2.95 bits per heavy atom. The molecule has 0 radical (unpaired) electrons. The number of benzene rings is 2. The van der Waals surface area contributed by atoms with E-state index < -0.39 is 0 Å². The van der Waals surface area contributed by atoms with E-state index in [1.165, 1.54) is 0 Å². The van der Waals surface area contributed by atoms with E-state index in [2.05, 4.69) is 28.8 Å². The third-order valence-electron chi connectivity index (χ3n) is 4.74. The Morgan fingerprint density at radius 2 is 2.00 bits per heavy atom. The average molecular weight is 281 g/mol. The van der Waals surface area contributed by atoms with Gasteiger partial charge in [-0.2, -0.15) is 0 Å². The van der Waals surface area contributed by atoms with E-state index in [0.29, 0.717) is 12.0 Å². The van der Waals surface area contributed by atoms with Gasteiger partial charge in [-0.15, -0.1) is 0 Å². The topological polar surface area (TPSA) is 44.4 Å². The Kier molecular flexibility index (Phi) is 3.04. The molecule has 21 heavy (non-hydrogen) atoms. The lowest BCUT2D eigenvalue weighted by Gasteiger charge is -2.24. The number of hydrogen-bond acceptors (Lipinski definition) is 2. The van der Waals surface area contributed by atoms with Gasteiger partial charge in [-0.25, -0.2) is 4.79 Å². The zero-order valence-electron chi connectivity index (χ0n) is 11.9. The smallest absolute Gasteiger partial charge is 0.320 e. The van der Waals surface area contributed by atoms with Crippen LogP contribution in [0.1, 0.15) is 6.42 Å². The first-order valence-corrected chi connectivity index (χ1v) is 7.59. The molecule has 0 aromatic heterocycles. The molecule has 2 aromatic carbocycles. The first-order chi connectivity index (χ1) is 10.3. The standard InChI is InChI=1S/C17H19N3O/c21-17(20-9-8-13-10-18-11-16(13)20)19-15-7-3-5-12-4-1-2-6-14(12)15/h1-7,13,16,18H,8-11H2,(H,19,21)/t13-,16+/m0/s1. The van der Waals surface area contributed by atoms with Gasteiger partial charge in [-0.1, -0.05) is 36.4 Å². The third kappa shape index (κ3) is 2.16. The van der Waals surface area contributed by atoms with Crippen molar-refractivity contribution in [1.29, 1.82) is 0 Å². The van der Waals surface area contributed by atoms with E-state index in [1.807, 2.05) is 29.2 Å². The van der Waals surface area contributed by atoms with E-state index in [1.54, 1.807) is 0 Å². The second-order valence-electron chi connectivity index (χ2n) is 5.92. The van der Waals surface area contributed by atoms with Crippen molar-refractivity contribution in [3.63, 3.8) is 0 Å². The quantitative estimate of drug-likeness (QED) is 0.844. The maximum atomic E-state index is 12.6. The molecule has 4 nitrogen and oxygen atoms in total. The summed E-state index contributed by atoms with van der Waals surface area (Å²) in [4.78, 5) is 14.6. The zero-order chi connectivity index (χ0) is 14.2. The number of likely N-dealkylation sites (tertiary alicyclic amines) is 1. The van der Waals surface area contributed by atoms with Crippen LogP contribution in [0.25, 0.3) is 10.8 Å². The summed E-state index contributed by atoms with van der Waals surface area (Å²) >= 11 is 0. The highest BCUT2D eigenvalue weighted by Gasteiger charge is 2.39. The van der Waals surface area contributed by atoms with E-state index in [0.717, 1.165) is 42.5 Å². The molecule has 0 unspecified atom stereocenters. The molecule has 0 aliphatic carbocycles. The molecule has 2 atom stereocenters. The van der Waals surface area contributed by atoms with Crippen molar-refractivity contribution in [2.24, 2.45) is 5.92 Å². The van der Waals surface area contributed by atoms with Crippen LogP contribution in [-0.4, -0.2) is 36.6 Å². The van der Waals surface area contributed by atoms with Crippen LogP contribution in [0.4, 0.5) is 10.5 Å². The van der Waals surface area contributed by atoms with Crippen molar-refractivity contribution < 1.29 is 4.79 Å². The zero-order valence-corrected chi connectivity index (χ0v) is 11.9. The number of urea groups is 1. The molecule has 2 fully saturated rings. The Morgan fingerprint density at radius 1 is 1.14 bits per heavy atom. The van der Waals surface area contributed by atoms with Crippen LogP contribution in [0.2, 0.25) is 0 Å². The Balaban J connectivity index is 1.58. The maximum absolute atomic E-state index is 12.6. The number of carbonyl (C=O) groups is 1.